The number of hydrogen-bond acceptors (Lipinski definition) is 5. The summed E-state index contributed by atoms with van der Waals surface area (Å²) in [6.07, 6.45) is 3.19. The molecule has 1 heterocycles. The van der Waals surface area contributed by atoms with Crippen molar-refractivity contribution in [2.75, 3.05) is 0 Å². The molecule has 0 aliphatic heterocycles. The molecule has 1 aromatic heterocycles. The lowest BCUT2D eigenvalue weighted by atomic mass is 10.0. The van der Waals surface area contributed by atoms with Crippen LogP contribution in [0.3, 0.4) is 0 Å². The maximum atomic E-state index is 6.08. The van der Waals surface area contributed by atoms with Crippen LogP contribution in [0.1, 0.15) is 55.4 Å². The van der Waals surface area contributed by atoms with E-state index in [1.807, 2.05) is 24.3 Å². The molecule has 0 unspecified atom stereocenters. The maximum Gasteiger partial charge on any atom is 0.264 e. The number of rotatable bonds is 6. The normalized spacial score (nSPS) is 16.1. The van der Waals surface area contributed by atoms with E-state index >= 15 is 0 Å². The molecule has 2 N–H and O–H groups in total. The molecule has 0 amide bonds. The molecule has 1 atom stereocenters. The van der Waals surface area contributed by atoms with Crippen LogP contribution in [-0.4, -0.2) is 10.1 Å². The molecule has 2 aromatic rings. The predicted molar refractivity (Wildman–Crippen MR) is 74.3 cm³/mol. The average molecular weight is 273 g/mol. The number of nitrogens with zero attached hydrogens (tertiary/aromatic N) is 2. The summed E-state index contributed by atoms with van der Waals surface area (Å²) in [4.78, 5) is 4.35. The summed E-state index contributed by atoms with van der Waals surface area (Å²) in [7, 11) is 0. The summed E-state index contributed by atoms with van der Waals surface area (Å²) >= 11 is 0. The van der Waals surface area contributed by atoms with Gasteiger partial charge in [-0.2, -0.15) is 4.98 Å². The average Bonchev–Trinajstić information content (AvgIpc) is 3.24. The number of para-hydroxylation sites is 1. The lowest BCUT2D eigenvalue weighted by Crippen LogP contribution is -2.10. The number of hydrogen-bond donors (Lipinski definition) is 1. The molecule has 106 valence electrons. The van der Waals surface area contributed by atoms with Crippen molar-refractivity contribution in [3.63, 3.8) is 0 Å². The Morgan fingerprint density at radius 3 is 2.95 bits per heavy atom. The van der Waals surface area contributed by atoms with Crippen LogP contribution >= 0.6 is 0 Å². The van der Waals surface area contributed by atoms with E-state index in [9.17, 15) is 0 Å². The van der Waals surface area contributed by atoms with Gasteiger partial charge in [-0.1, -0.05) is 30.3 Å². The van der Waals surface area contributed by atoms with E-state index in [4.69, 9.17) is 15.0 Å². The highest BCUT2D eigenvalue weighted by Gasteiger charge is 2.28. The molecule has 1 fully saturated rings. The minimum atomic E-state index is -0.0177. The van der Waals surface area contributed by atoms with Crippen molar-refractivity contribution in [3.8, 4) is 5.75 Å². The Labute approximate surface area is 118 Å². The van der Waals surface area contributed by atoms with Crippen LogP contribution in [0.2, 0.25) is 0 Å². The van der Waals surface area contributed by atoms with Gasteiger partial charge >= 0.3 is 0 Å². The van der Waals surface area contributed by atoms with E-state index in [0.29, 0.717) is 11.8 Å². The molecule has 0 radical (unpaired) electrons. The van der Waals surface area contributed by atoms with Gasteiger partial charge < -0.3 is 15.0 Å². The van der Waals surface area contributed by atoms with Crippen LogP contribution in [0.25, 0.3) is 0 Å². The van der Waals surface area contributed by atoms with Crippen molar-refractivity contribution in [1.29, 1.82) is 0 Å². The van der Waals surface area contributed by atoms with Crippen LogP contribution in [0, 0.1) is 0 Å². The van der Waals surface area contributed by atoms with Crippen LogP contribution in [0.4, 0.5) is 0 Å². The van der Waals surface area contributed by atoms with Crippen molar-refractivity contribution in [2.45, 2.75) is 44.8 Å². The molecule has 5 nitrogen and oxygen atoms in total. The zero-order valence-electron chi connectivity index (χ0n) is 11.6. The van der Waals surface area contributed by atoms with E-state index in [1.54, 1.807) is 0 Å². The lowest BCUT2D eigenvalue weighted by molar-refractivity contribution is 0.239. The smallest absolute Gasteiger partial charge is 0.264 e. The van der Waals surface area contributed by atoms with Gasteiger partial charge in [-0.3, -0.25) is 0 Å². The van der Waals surface area contributed by atoms with Gasteiger partial charge in [0.15, 0.2) is 12.4 Å². The fourth-order valence-electron chi connectivity index (χ4n) is 2.11. The van der Waals surface area contributed by atoms with Crippen molar-refractivity contribution in [3.05, 3.63) is 41.5 Å². The van der Waals surface area contributed by atoms with Crippen LogP contribution in [0.15, 0.2) is 28.8 Å². The van der Waals surface area contributed by atoms with Gasteiger partial charge in [-0.25, -0.2) is 0 Å². The van der Waals surface area contributed by atoms with E-state index in [0.717, 1.165) is 36.4 Å². The Hall–Kier alpha value is -1.88. The first kappa shape index (κ1) is 13.1. The van der Waals surface area contributed by atoms with E-state index in [-0.39, 0.29) is 12.6 Å². The van der Waals surface area contributed by atoms with Crippen LogP contribution < -0.4 is 10.5 Å². The largest absolute Gasteiger partial charge is 0.483 e. The molecule has 1 aliphatic carbocycles. The summed E-state index contributed by atoms with van der Waals surface area (Å²) < 4.78 is 11.0. The third-order valence-electron chi connectivity index (χ3n) is 3.54. The first-order valence-electron chi connectivity index (χ1n) is 7.07. The Kier molecular flexibility index (Phi) is 3.69. The zero-order valence-corrected chi connectivity index (χ0v) is 11.6. The number of nitrogens with two attached hydrogens (primary N) is 1. The van der Waals surface area contributed by atoms with Gasteiger partial charge in [0, 0.05) is 17.5 Å². The molecule has 3 rings (SSSR count). The maximum absolute atomic E-state index is 6.08. The van der Waals surface area contributed by atoms with Crippen molar-refractivity contribution >= 4 is 0 Å². The minimum absolute atomic E-state index is 0.0177. The molecule has 20 heavy (non-hydrogen) atoms. The molecular weight excluding hydrogens is 254 g/mol. The third kappa shape index (κ3) is 2.82. The summed E-state index contributed by atoms with van der Waals surface area (Å²) in [5.41, 5.74) is 7.10. The molecule has 1 saturated carbocycles. The topological polar surface area (TPSA) is 74.2 Å². The highest BCUT2D eigenvalue weighted by Crippen LogP contribution is 2.38. The number of ether oxygens (including phenoxy) is 1. The van der Waals surface area contributed by atoms with Crippen molar-refractivity contribution in [1.82, 2.24) is 10.1 Å². The van der Waals surface area contributed by atoms with Crippen LogP contribution in [-0.2, 0) is 6.61 Å². The zero-order chi connectivity index (χ0) is 13.9. The fourth-order valence-corrected chi connectivity index (χ4v) is 2.11. The van der Waals surface area contributed by atoms with Crippen molar-refractivity contribution in [2.24, 2.45) is 5.73 Å². The summed E-state index contributed by atoms with van der Waals surface area (Å²) in [6, 6.07) is 7.80. The molecule has 0 spiro atoms. The first-order chi connectivity index (χ1) is 9.78. The summed E-state index contributed by atoms with van der Waals surface area (Å²) in [5.74, 6) is 2.61. The third-order valence-corrected chi connectivity index (χ3v) is 3.54. The Morgan fingerprint density at radius 2 is 2.20 bits per heavy atom. The Balaban J connectivity index is 1.67. The molecular formula is C15H19N3O2. The molecule has 1 aromatic carbocycles. The van der Waals surface area contributed by atoms with Gasteiger partial charge in [0.25, 0.3) is 5.89 Å². The second kappa shape index (κ2) is 5.63. The second-order valence-corrected chi connectivity index (χ2v) is 5.16. The molecule has 0 saturated heterocycles. The number of aromatic nitrogens is 2. The van der Waals surface area contributed by atoms with E-state index < -0.39 is 0 Å². The summed E-state index contributed by atoms with van der Waals surface area (Å²) in [6.45, 7) is 2.34. The quantitative estimate of drug-likeness (QED) is 0.875. The lowest BCUT2D eigenvalue weighted by Gasteiger charge is -2.14. The first-order valence-corrected chi connectivity index (χ1v) is 7.07. The van der Waals surface area contributed by atoms with Gasteiger partial charge in [-0.15, -0.1) is 0 Å². The molecule has 0 bridgehead atoms. The second-order valence-electron chi connectivity index (χ2n) is 5.16. The van der Waals surface area contributed by atoms with Crippen molar-refractivity contribution < 1.29 is 9.26 Å². The molecule has 5 heteroatoms. The highest BCUT2D eigenvalue weighted by atomic mass is 16.5. The van der Waals surface area contributed by atoms with Gasteiger partial charge in [0.2, 0.25) is 0 Å². The van der Waals surface area contributed by atoms with E-state index in [1.165, 1.54) is 0 Å². The summed E-state index contributed by atoms with van der Waals surface area (Å²) in [5, 5.41) is 3.97. The monoisotopic (exact) mass is 273 g/mol. The molecule has 1 aliphatic rings. The highest BCUT2D eigenvalue weighted by molar-refractivity contribution is 5.35. The van der Waals surface area contributed by atoms with Gasteiger partial charge in [0.1, 0.15) is 5.75 Å². The fraction of sp³-hybridized carbons (Fsp3) is 0.467. The van der Waals surface area contributed by atoms with Gasteiger partial charge in [-0.05, 0) is 25.3 Å². The standard InChI is InChI=1S/C15H19N3O2/c1-2-12(16)11-5-3-4-6-13(11)19-9-14-17-15(18-20-14)10-7-8-10/h3-6,10,12H,2,7-9,16H2,1H3/t12-/m0/s1. The Morgan fingerprint density at radius 1 is 1.40 bits per heavy atom. The Bertz CT molecular complexity index is 578. The minimum Gasteiger partial charge on any atom is -0.483 e. The van der Waals surface area contributed by atoms with E-state index in [2.05, 4.69) is 17.1 Å². The number of benzene rings is 1. The van der Waals surface area contributed by atoms with Gasteiger partial charge in [0.05, 0.1) is 0 Å². The predicted octanol–water partition coefficient (Wildman–Crippen LogP) is 2.94. The van der Waals surface area contributed by atoms with Crippen LogP contribution in [0.5, 0.6) is 5.75 Å². The SMILES string of the molecule is CC[C@H](N)c1ccccc1OCc1nc(C2CC2)no1.